The van der Waals surface area contributed by atoms with Gasteiger partial charge in [0.1, 0.15) is 0 Å². The number of piperazine rings is 1. The topological polar surface area (TPSA) is 43.9 Å². The Morgan fingerprint density at radius 2 is 1.70 bits per heavy atom. The standard InChI is InChI=1S/C18H25N3O2/c1-14(2)21-17(22)12-16(18(21)23)20-10-8-19(9-11-20)13-15-6-4-3-5-7-15/h3-7,14,16H,8-13H2,1-2H3/t16-/m0/s1. The minimum Gasteiger partial charge on any atom is -0.297 e. The molecule has 0 radical (unpaired) electrons. The van der Waals surface area contributed by atoms with E-state index in [1.165, 1.54) is 10.5 Å². The van der Waals surface area contributed by atoms with Crippen molar-refractivity contribution < 1.29 is 9.59 Å². The van der Waals surface area contributed by atoms with E-state index in [1.807, 2.05) is 19.9 Å². The third-order valence-corrected chi connectivity index (χ3v) is 4.77. The monoisotopic (exact) mass is 315 g/mol. The minimum absolute atomic E-state index is 0.0125. The molecule has 1 aromatic carbocycles. The molecule has 2 fully saturated rings. The van der Waals surface area contributed by atoms with Gasteiger partial charge in [0.05, 0.1) is 12.5 Å². The van der Waals surface area contributed by atoms with Crippen LogP contribution in [0.25, 0.3) is 0 Å². The first-order chi connectivity index (χ1) is 11.1. The number of nitrogens with zero attached hydrogens (tertiary/aromatic N) is 3. The summed E-state index contributed by atoms with van der Waals surface area (Å²) >= 11 is 0. The quantitative estimate of drug-likeness (QED) is 0.787. The summed E-state index contributed by atoms with van der Waals surface area (Å²) in [5.41, 5.74) is 1.32. The molecule has 0 aliphatic carbocycles. The van der Waals surface area contributed by atoms with Crippen LogP contribution in [0.15, 0.2) is 30.3 Å². The average Bonchev–Trinajstić information content (AvgIpc) is 2.84. The number of hydrogen-bond donors (Lipinski definition) is 0. The van der Waals surface area contributed by atoms with Gasteiger partial charge in [-0.25, -0.2) is 0 Å². The van der Waals surface area contributed by atoms with Crippen molar-refractivity contribution in [2.75, 3.05) is 26.2 Å². The third kappa shape index (κ3) is 3.46. The molecule has 0 aromatic heterocycles. The van der Waals surface area contributed by atoms with Crippen LogP contribution < -0.4 is 0 Å². The Hall–Kier alpha value is -1.72. The van der Waals surface area contributed by atoms with Crippen LogP contribution in [0.4, 0.5) is 0 Å². The van der Waals surface area contributed by atoms with Crippen molar-refractivity contribution in [1.82, 2.24) is 14.7 Å². The van der Waals surface area contributed by atoms with Gasteiger partial charge < -0.3 is 0 Å². The maximum absolute atomic E-state index is 12.5. The number of carbonyl (C=O) groups is 2. The highest BCUT2D eigenvalue weighted by molar-refractivity contribution is 6.05. The van der Waals surface area contributed by atoms with Gasteiger partial charge in [-0.15, -0.1) is 0 Å². The average molecular weight is 315 g/mol. The molecule has 23 heavy (non-hydrogen) atoms. The molecule has 0 saturated carbocycles. The van der Waals surface area contributed by atoms with E-state index in [9.17, 15) is 9.59 Å². The van der Waals surface area contributed by atoms with E-state index in [2.05, 4.69) is 34.1 Å². The summed E-state index contributed by atoms with van der Waals surface area (Å²) in [7, 11) is 0. The highest BCUT2D eigenvalue weighted by Crippen LogP contribution is 2.22. The number of imide groups is 1. The molecule has 5 heteroatoms. The highest BCUT2D eigenvalue weighted by atomic mass is 16.2. The lowest BCUT2D eigenvalue weighted by Crippen LogP contribution is -2.52. The van der Waals surface area contributed by atoms with Crippen LogP contribution in [0.2, 0.25) is 0 Å². The van der Waals surface area contributed by atoms with Crippen molar-refractivity contribution in [2.24, 2.45) is 0 Å². The van der Waals surface area contributed by atoms with Gasteiger partial charge in [-0.3, -0.25) is 24.3 Å². The first-order valence-corrected chi connectivity index (χ1v) is 8.42. The zero-order chi connectivity index (χ0) is 16.4. The third-order valence-electron chi connectivity index (χ3n) is 4.77. The molecule has 0 N–H and O–H groups in total. The SMILES string of the molecule is CC(C)N1C(=O)C[C@H](N2CCN(Cc3ccccc3)CC2)C1=O. The van der Waals surface area contributed by atoms with Crippen molar-refractivity contribution in [3.05, 3.63) is 35.9 Å². The van der Waals surface area contributed by atoms with Crippen LogP contribution in [-0.2, 0) is 16.1 Å². The van der Waals surface area contributed by atoms with Crippen molar-refractivity contribution in [2.45, 2.75) is 38.9 Å². The fraction of sp³-hybridized carbons (Fsp3) is 0.556. The Morgan fingerprint density at radius 1 is 1.04 bits per heavy atom. The van der Waals surface area contributed by atoms with E-state index in [1.54, 1.807) is 0 Å². The Morgan fingerprint density at radius 3 is 2.26 bits per heavy atom. The molecule has 1 atom stereocenters. The predicted molar refractivity (Wildman–Crippen MR) is 88.7 cm³/mol. The lowest BCUT2D eigenvalue weighted by molar-refractivity contribution is -0.141. The second-order valence-electron chi connectivity index (χ2n) is 6.71. The maximum Gasteiger partial charge on any atom is 0.247 e. The second-order valence-corrected chi connectivity index (χ2v) is 6.71. The van der Waals surface area contributed by atoms with Crippen molar-refractivity contribution in [1.29, 1.82) is 0 Å². The van der Waals surface area contributed by atoms with Crippen molar-refractivity contribution in [3.8, 4) is 0 Å². The summed E-state index contributed by atoms with van der Waals surface area (Å²) in [6.45, 7) is 8.32. The van der Waals surface area contributed by atoms with E-state index in [0.717, 1.165) is 32.7 Å². The molecule has 3 rings (SSSR count). The molecule has 5 nitrogen and oxygen atoms in total. The van der Waals surface area contributed by atoms with Gasteiger partial charge in [-0.2, -0.15) is 0 Å². The molecular formula is C18H25N3O2. The lowest BCUT2D eigenvalue weighted by Gasteiger charge is -2.37. The number of carbonyl (C=O) groups excluding carboxylic acids is 2. The van der Waals surface area contributed by atoms with E-state index < -0.39 is 0 Å². The number of benzene rings is 1. The molecule has 2 aliphatic rings. The smallest absolute Gasteiger partial charge is 0.247 e. The van der Waals surface area contributed by atoms with Gasteiger partial charge in [-0.1, -0.05) is 30.3 Å². The van der Waals surface area contributed by atoms with Gasteiger partial charge in [0.2, 0.25) is 11.8 Å². The van der Waals surface area contributed by atoms with Crippen LogP contribution in [0.3, 0.4) is 0 Å². The van der Waals surface area contributed by atoms with Crippen LogP contribution in [0, 0.1) is 0 Å². The van der Waals surface area contributed by atoms with Gasteiger partial charge in [0.15, 0.2) is 0 Å². The van der Waals surface area contributed by atoms with E-state index in [-0.39, 0.29) is 23.9 Å². The summed E-state index contributed by atoms with van der Waals surface area (Å²) in [5, 5.41) is 0. The lowest BCUT2D eigenvalue weighted by atomic mass is 10.1. The van der Waals surface area contributed by atoms with Crippen LogP contribution in [-0.4, -0.2) is 64.8 Å². The Labute approximate surface area is 137 Å². The number of rotatable bonds is 4. The first-order valence-electron chi connectivity index (χ1n) is 8.42. The molecule has 2 aliphatic heterocycles. The van der Waals surface area contributed by atoms with Gasteiger partial charge in [-0.05, 0) is 19.4 Å². The molecule has 124 valence electrons. The van der Waals surface area contributed by atoms with E-state index in [4.69, 9.17) is 0 Å². The summed E-state index contributed by atoms with van der Waals surface area (Å²) in [6.07, 6.45) is 0.343. The maximum atomic E-state index is 12.5. The normalized spacial score (nSPS) is 24.0. The van der Waals surface area contributed by atoms with E-state index >= 15 is 0 Å². The number of hydrogen-bond acceptors (Lipinski definition) is 4. The molecule has 2 saturated heterocycles. The molecule has 0 spiro atoms. The largest absolute Gasteiger partial charge is 0.297 e. The fourth-order valence-electron chi connectivity index (χ4n) is 3.54. The van der Waals surface area contributed by atoms with Crippen LogP contribution >= 0.6 is 0 Å². The molecule has 0 bridgehead atoms. The van der Waals surface area contributed by atoms with Crippen molar-refractivity contribution in [3.63, 3.8) is 0 Å². The number of likely N-dealkylation sites (tertiary alicyclic amines) is 1. The predicted octanol–water partition coefficient (Wildman–Crippen LogP) is 1.34. The van der Waals surface area contributed by atoms with Crippen LogP contribution in [0.5, 0.6) is 0 Å². The highest BCUT2D eigenvalue weighted by Gasteiger charge is 2.43. The number of amides is 2. The molecule has 2 amide bonds. The van der Waals surface area contributed by atoms with Gasteiger partial charge >= 0.3 is 0 Å². The second kappa shape index (κ2) is 6.81. The van der Waals surface area contributed by atoms with Crippen molar-refractivity contribution >= 4 is 11.8 Å². The van der Waals surface area contributed by atoms with Crippen LogP contribution in [0.1, 0.15) is 25.8 Å². The molecule has 1 aromatic rings. The van der Waals surface area contributed by atoms with E-state index in [0.29, 0.717) is 6.42 Å². The zero-order valence-electron chi connectivity index (χ0n) is 13.9. The zero-order valence-corrected chi connectivity index (χ0v) is 13.9. The van der Waals surface area contributed by atoms with Gasteiger partial charge in [0, 0.05) is 38.8 Å². The fourth-order valence-corrected chi connectivity index (χ4v) is 3.54. The first kappa shape index (κ1) is 16.1. The summed E-state index contributed by atoms with van der Waals surface area (Å²) in [4.78, 5) is 30.6. The Bertz CT molecular complexity index is 565. The summed E-state index contributed by atoms with van der Waals surface area (Å²) in [5.74, 6) is -0.0387. The minimum atomic E-state index is -0.247. The molecule has 2 heterocycles. The molecule has 0 unspecified atom stereocenters. The Balaban J connectivity index is 1.55. The molecular weight excluding hydrogens is 290 g/mol. The summed E-state index contributed by atoms with van der Waals surface area (Å²) in [6, 6.07) is 10.2. The summed E-state index contributed by atoms with van der Waals surface area (Å²) < 4.78 is 0. The van der Waals surface area contributed by atoms with Gasteiger partial charge in [0.25, 0.3) is 0 Å². The Kier molecular flexibility index (Phi) is 4.78.